The molecule has 3 heteroatoms. The van der Waals surface area contributed by atoms with Crippen molar-refractivity contribution in [1.82, 2.24) is 0 Å². The van der Waals surface area contributed by atoms with Gasteiger partial charge in [0.25, 0.3) is 0 Å². The van der Waals surface area contributed by atoms with Crippen LogP contribution >= 0.6 is 21.6 Å². The highest BCUT2D eigenvalue weighted by atomic mass is 33.1. The summed E-state index contributed by atoms with van der Waals surface area (Å²) in [7, 11) is 3.37. The van der Waals surface area contributed by atoms with E-state index in [0.29, 0.717) is 0 Å². The Labute approximate surface area is 44.8 Å². The second-order valence-electron chi connectivity index (χ2n) is 0.986. The first-order valence-electron chi connectivity index (χ1n) is 1.64. The third kappa shape index (κ3) is 0.929. The van der Waals surface area contributed by atoms with Crippen molar-refractivity contribution in [2.75, 3.05) is 0 Å². The molecular formula is C3H5NS2. The number of nitrogens with two attached hydrogens (primary N) is 1. The molecule has 1 aliphatic heterocycles. The Morgan fingerprint density at radius 1 is 1.67 bits per heavy atom. The fourth-order valence-electron chi connectivity index (χ4n) is 0.238. The monoisotopic (exact) mass is 119 g/mol. The summed E-state index contributed by atoms with van der Waals surface area (Å²) in [6.45, 7) is 0. The lowest BCUT2D eigenvalue weighted by atomic mass is 10.7. The molecule has 1 unspecified atom stereocenters. The zero-order valence-corrected chi connectivity index (χ0v) is 4.76. The van der Waals surface area contributed by atoms with Crippen LogP contribution < -0.4 is 5.73 Å². The van der Waals surface area contributed by atoms with Gasteiger partial charge in [0.05, 0.1) is 5.37 Å². The van der Waals surface area contributed by atoms with Crippen LogP contribution in [0.3, 0.4) is 0 Å². The van der Waals surface area contributed by atoms with E-state index in [1.165, 1.54) is 0 Å². The van der Waals surface area contributed by atoms with Crippen LogP contribution in [0, 0.1) is 0 Å². The largest absolute Gasteiger partial charge is 0.315 e. The van der Waals surface area contributed by atoms with E-state index in [4.69, 9.17) is 5.73 Å². The Morgan fingerprint density at radius 3 is 2.67 bits per heavy atom. The summed E-state index contributed by atoms with van der Waals surface area (Å²) in [4.78, 5) is 0. The molecule has 0 aromatic carbocycles. The molecule has 0 saturated carbocycles. The first kappa shape index (κ1) is 4.56. The van der Waals surface area contributed by atoms with Gasteiger partial charge >= 0.3 is 0 Å². The quantitative estimate of drug-likeness (QED) is 0.485. The molecule has 6 heavy (non-hydrogen) atoms. The van der Waals surface area contributed by atoms with E-state index in [9.17, 15) is 0 Å². The molecule has 0 radical (unpaired) electrons. The van der Waals surface area contributed by atoms with E-state index in [2.05, 4.69) is 0 Å². The van der Waals surface area contributed by atoms with Gasteiger partial charge in [-0.3, -0.25) is 0 Å². The first-order chi connectivity index (χ1) is 2.89. The molecule has 0 aliphatic carbocycles. The average Bonchev–Trinajstić information content (AvgIpc) is 1.86. The highest BCUT2D eigenvalue weighted by Gasteiger charge is 2.00. The standard InChI is InChI=1S/C3H5NS2/c4-3-1-2-5-6-3/h1-3H,4H2. The molecule has 0 bridgehead atoms. The molecule has 0 aromatic heterocycles. The third-order valence-electron chi connectivity index (χ3n) is 0.490. The summed E-state index contributed by atoms with van der Waals surface area (Å²) >= 11 is 0. The Hall–Kier alpha value is 0.400. The van der Waals surface area contributed by atoms with Crippen molar-refractivity contribution in [3.63, 3.8) is 0 Å². The Morgan fingerprint density at radius 2 is 2.50 bits per heavy atom. The Balaban J connectivity index is 2.38. The third-order valence-corrected chi connectivity index (χ3v) is 2.58. The highest BCUT2D eigenvalue weighted by molar-refractivity contribution is 8.78. The highest BCUT2D eigenvalue weighted by Crippen LogP contribution is 2.31. The van der Waals surface area contributed by atoms with Crippen molar-refractivity contribution < 1.29 is 0 Å². The molecular weight excluding hydrogens is 114 g/mol. The molecule has 34 valence electrons. The van der Waals surface area contributed by atoms with Crippen LogP contribution in [0.15, 0.2) is 11.5 Å². The van der Waals surface area contributed by atoms with Gasteiger partial charge in [-0.1, -0.05) is 21.6 Å². The molecule has 1 atom stereocenters. The van der Waals surface area contributed by atoms with Gasteiger partial charge in [-0.2, -0.15) is 0 Å². The van der Waals surface area contributed by atoms with E-state index in [-0.39, 0.29) is 5.37 Å². The van der Waals surface area contributed by atoms with E-state index in [1.54, 1.807) is 21.6 Å². The summed E-state index contributed by atoms with van der Waals surface area (Å²) in [5, 5.41) is 2.25. The summed E-state index contributed by atoms with van der Waals surface area (Å²) in [5.41, 5.74) is 5.39. The molecule has 0 aromatic rings. The molecule has 2 N–H and O–H groups in total. The first-order valence-corrected chi connectivity index (χ1v) is 3.91. The van der Waals surface area contributed by atoms with Crippen LogP contribution in [0.5, 0.6) is 0 Å². The topological polar surface area (TPSA) is 26.0 Å². The zero-order chi connectivity index (χ0) is 4.41. The van der Waals surface area contributed by atoms with Gasteiger partial charge in [0.15, 0.2) is 0 Å². The van der Waals surface area contributed by atoms with Gasteiger partial charge in [-0.25, -0.2) is 0 Å². The lowest BCUT2D eigenvalue weighted by molar-refractivity contribution is 1.18. The molecule has 0 amide bonds. The van der Waals surface area contributed by atoms with Gasteiger partial charge in [0.2, 0.25) is 0 Å². The minimum atomic E-state index is 0.245. The van der Waals surface area contributed by atoms with Gasteiger partial charge in [0, 0.05) is 0 Å². The average molecular weight is 119 g/mol. The molecule has 1 nitrogen and oxygen atoms in total. The zero-order valence-electron chi connectivity index (χ0n) is 3.13. The smallest absolute Gasteiger partial charge is 0.0809 e. The number of hydrogen-bond donors (Lipinski definition) is 1. The van der Waals surface area contributed by atoms with Crippen LogP contribution in [-0.4, -0.2) is 5.37 Å². The summed E-state index contributed by atoms with van der Waals surface area (Å²) in [6, 6.07) is 0. The maximum atomic E-state index is 5.39. The van der Waals surface area contributed by atoms with Crippen LogP contribution in [-0.2, 0) is 0 Å². The predicted octanol–water partition coefficient (Wildman–Crippen LogP) is 1.18. The van der Waals surface area contributed by atoms with Gasteiger partial charge in [0.1, 0.15) is 0 Å². The van der Waals surface area contributed by atoms with Crippen LogP contribution in [0.2, 0.25) is 0 Å². The maximum Gasteiger partial charge on any atom is 0.0809 e. The van der Waals surface area contributed by atoms with Gasteiger partial charge < -0.3 is 5.73 Å². The van der Waals surface area contributed by atoms with Crippen molar-refractivity contribution in [2.45, 2.75) is 5.37 Å². The van der Waals surface area contributed by atoms with Gasteiger partial charge in [-0.15, -0.1) is 0 Å². The number of hydrogen-bond acceptors (Lipinski definition) is 3. The SMILES string of the molecule is NC1C=CSS1. The summed E-state index contributed by atoms with van der Waals surface area (Å²) in [5.74, 6) is 0. The van der Waals surface area contributed by atoms with E-state index in [0.717, 1.165) is 0 Å². The van der Waals surface area contributed by atoms with Crippen molar-refractivity contribution in [3.8, 4) is 0 Å². The predicted molar refractivity (Wildman–Crippen MR) is 32.3 cm³/mol. The van der Waals surface area contributed by atoms with E-state index in [1.807, 2.05) is 11.5 Å². The van der Waals surface area contributed by atoms with E-state index < -0.39 is 0 Å². The summed E-state index contributed by atoms with van der Waals surface area (Å²) in [6.07, 6.45) is 1.98. The number of rotatable bonds is 0. The van der Waals surface area contributed by atoms with Crippen molar-refractivity contribution in [3.05, 3.63) is 11.5 Å². The second-order valence-corrected chi connectivity index (χ2v) is 3.34. The minimum Gasteiger partial charge on any atom is -0.315 e. The Kier molecular flexibility index (Phi) is 1.45. The molecule has 1 heterocycles. The minimum absolute atomic E-state index is 0.245. The summed E-state index contributed by atoms with van der Waals surface area (Å²) < 4.78 is 0. The Bertz CT molecular complexity index is 71.2. The molecule has 0 fully saturated rings. The van der Waals surface area contributed by atoms with E-state index >= 15 is 0 Å². The maximum absolute atomic E-state index is 5.39. The lowest BCUT2D eigenvalue weighted by Crippen LogP contribution is -2.06. The van der Waals surface area contributed by atoms with Crippen molar-refractivity contribution >= 4 is 21.6 Å². The molecule has 0 spiro atoms. The van der Waals surface area contributed by atoms with Crippen molar-refractivity contribution in [2.24, 2.45) is 5.73 Å². The van der Waals surface area contributed by atoms with Crippen LogP contribution in [0.4, 0.5) is 0 Å². The van der Waals surface area contributed by atoms with Crippen molar-refractivity contribution in [1.29, 1.82) is 0 Å². The molecule has 1 rings (SSSR count). The fraction of sp³-hybridized carbons (Fsp3) is 0.333. The van der Waals surface area contributed by atoms with Crippen LogP contribution in [0.1, 0.15) is 0 Å². The fourth-order valence-corrected chi connectivity index (χ4v) is 1.87. The van der Waals surface area contributed by atoms with Crippen LogP contribution in [0.25, 0.3) is 0 Å². The lowest BCUT2D eigenvalue weighted by Gasteiger charge is -1.89. The van der Waals surface area contributed by atoms with Gasteiger partial charge in [-0.05, 0) is 11.5 Å². The molecule has 0 saturated heterocycles. The molecule has 1 aliphatic rings. The normalized spacial score (nSPS) is 31.8. The second kappa shape index (κ2) is 1.91.